The summed E-state index contributed by atoms with van der Waals surface area (Å²) in [4.78, 5) is 43.9. The van der Waals surface area contributed by atoms with E-state index in [1.54, 1.807) is 36.3 Å². The molecule has 180 valence electrons. The highest BCUT2D eigenvalue weighted by atomic mass is 19.1. The molecule has 2 atom stereocenters. The topological polar surface area (TPSA) is 101 Å². The first-order valence-corrected chi connectivity index (χ1v) is 11.6. The number of rotatable bonds is 6. The average Bonchev–Trinajstić information content (AvgIpc) is 2.89. The third-order valence-electron chi connectivity index (χ3n) is 6.50. The molecule has 0 spiro atoms. The van der Waals surface area contributed by atoms with Crippen LogP contribution in [0.2, 0.25) is 0 Å². The van der Waals surface area contributed by atoms with Crippen LogP contribution in [0, 0.1) is 5.92 Å². The van der Waals surface area contributed by atoms with Crippen molar-refractivity contribution in [2.24, 2.45) is 5.92 Å². The van der Waals surface area contributed by atoms with Crippen LogP contribution < -0.4 is 15.4 Å². The van der Waals surface area contributed by atoms with E-state index in [4.69, 9.17) is 4.74 Å². The minimum absolute atomic E-state index is 0.0764. The maximum absolute atomic E-state index is 13.9. The van der Waals surface area contributed by atoms with E-state index in [-0.39, 0.29) is 35.4 Å². The second-order valence-electron chi connectivity index (χ2n) is 8.68. The Bertz CT molecular complexity index is 1020. The van der Waals surface area contributed by atoms with Crippen LogP contribution in [0.3, 0.4) is 0 Å². The Morgan fingerprint density at radius 1 is 1.06 bits per heavy atom. The van der Waals surface area contributed by atoms with E-state index in [2.05, 4.69) is 15.6 Å². The van der Waals surface area contributed by atoms with E-state index >= 15 is 0 Å². The molecule has 2 N–H and O–H groups in total. The monoisotopic (exact) mass is 468 g/mol. The Kier molecular flexibility index (Phi) is 7.52. The van der Waals surface area contributed by atoms with Crippen LogP contribution in [0.1, 0.15) is 50.5 Å². The van der Waals surface area contributed by atoms with E-state index in [1.807, 2.05) is 0 Å². The number of ether oxygens (including phenoxy) is 1. The van der Waals surface area contributed by atoms with Crippen LogP contribution in [0.15, 0.2) is 42.6 Å². The van der Waals surface area contributed by atoms with Crippen LogP contribution in [-0.4, -0.2) is 73.0 Å². The summed E-state index contributed by atoms with van der Waals surface area (Å²) in [7, 11) is 1.58. The first kappa shape index (κ1) is 23.8. The van der Waals surface area contributed by atoms with Gasteiger partial charge in [0, 0.05) is 37.3 Å². The third-order valence-corrected chi connectivity index (χ3v) is 6.50. The van der Waals surface area contributed by atoms with Crippen molar-refractivity contribution in [2.75, 3.05) is 33.3 Å². The average molecular weight is 469 g/mol. The van der Waals surface area contributed by atoms with Gasteiger partial charge in [0.1, 0.15) is 17.6 Å². The van der Waals surface area contributed by atoms with E-state index in [0.717, 1.165) is 0 Å². The van der Waals surface area contributed by atoms with Crippen molar-refractivity contribution < 1.29 is 23.5 Å². The van der Waals surface area contributed by atoms with Crippen LogP contribution >= 0.6 is 0 Å². The van der Waals surface area contributed by atoms with Gasteiger partial charge in [0.15, 0.2) is 5.78 Å². The van der Waals surface area contributed by atoms with Crippen molar-refractivity contribution in [3.63, 3.8) is 0 Å². The van der Waals surface area contributed by atoms with Gasteiger partial charge >= 0.3 is 0 Å². The number of Topliss-reactive ketones (excluding diaryl/α,β-unsaturated/α-hetero) is 1. The summed E-state index contributed by atoms with van der Waals surface area (Å²) in [5, 5.41) is 5.65. The van der Waals surface area contributed by atoms with Gasteiger partial charge in [-0.25, -0.2) is 4.39 Å². The Morgan fingerprint density at radius 3 is 2.38 bits per heavy atom. The predicted octanol–water partition coefficient (Wildman–Crippen LogP) is 2.26. The Balaban J connectivity index is 1.30. The molecule has 2 aromatic rings. The zero-order valence-corrected chi connectivity index (χ0v) is 19.1. The number of nitrogens with one attached hydrogen (secondary N) is 2. The van der Waals surface area contributed by atoms with Gasteiger partial charge in [0.2, 0.25) is 0 Å². The number of ketones is 1. The van der Waals surface area contributed by atoms with Crippen LogP contribution in [0.4, 0.5) is 4.39 Å². The van der Waals surface area contributed by atoms with Gasteiger partial charge in [-0.15, -0.1) is 0 Å². The number of hydrogen-bond acceptors (Lipinski definition) is 6. The number of hydrogen-bond donors (Lipinski definition) is 2. The number of piperidine rings is 2. The molecule has 2 fully saturated rings. The number of aromatic nitrogens is 1. The van der Waals surface area contributed by atoms with Crippen molar-refractivity contribution in [1.29, 1.82) is 0 Å². The summed E-state index contributed by atoms with van der Waals surface area (Å²) < 4.78 is 19.1. The molecule has 8 nitrogen and oxygen atoms in total. The highest BCUT2D eigenvalue weighted by molar-refractivity contribution is 5.99. The molecule has 0 radical (unpaired) electrons. The Morgan fingerprint density at radius 2 is 1.76 bits per heavy atom. The van der Waals surface area contributed by atoms with Crippen molar-refractivity contribution in [2.45, 2.75) is 31.5 Å². The molecule has 3 heterocycles. The predicted molar refractivity (Wildman–Crippen MR) is 124 cm³/mol. The van der Waals surface area contributed by atoms with Crippen LogP contribution in [0.25, 0.3) is 0 Å². The van der Waals surface area contributed by atoms with Gasteiger partial charge in [-0.05, 0) is 62.2 Å². The summed E-state index contributed by atoms with van der Waals surface area (Å²) in [5.41, 5.74) is 1.16. The smallest absolute Gasteiger partial charge is 0.272 e. The second-order valence-corrected chi connectivity index (χ2v) is 8.68. The molecular formula is C25H29FN4O4. The largest absolute Gasteiger partial charge is 0.497 e. The molecule has 2 aliphatic heterocycles. The van der Waals surface area contributed by atoms with Crippen LogP contribution in [0.5, 0.6) is 5.75 Å². The molecule has 1 aromatic carbocycles. The molecule has 34 heavy (non-hydrogen) atoms. The van der Waals surface area contributed by atoms with Gasteiger partial charge in [0.05, 0.1) is 18.7 Å². The fourth-order valence-corrected chi connectivity index (χ4v) is 4.39. The number of carbonyl (C=O) groups excluding carboxylic acids is 3. The molecule has 1 aromatic heterocycles. The Labute approximate surface area is 197 Å². The number of pyridine rings is 1. The molecule has 1 unspecified atom stereocenters. The summed E-state index contributed by atoms with van der Waals surface area (Å²) in [5.74, 6) is 0.00699. The molecule has 9 heteroatoms. The van der Waals surface area contributed by atoms with E-state index < -0.39 is 18.1 Å². The molecule has 2 amide bonds. The van der Waals surface area contributed by atoms with Gasteiger partial charge in [-0.2, -0.15) is 0 Å². The van der Waals surface area contributed by atoms with E-state index in [0.29, 0.717) is 50.2 Å². The molecular weight excluding hydrogens is 439 g/mol. The molecule has 4 rings (SSSR count). The molecule has 2 aliphatic rings. The van der Waals surface area contributed by atoms with Crippen molar-refractivity contribution in [3.8, 4) is 5.75 Å². The number of amides is 2. The molecule has 0 bridgehead atoms. The van der Waals surface area contributed by atoms with Gasteiger partial charge in [-0.1, -0.05) is 0 Å². The lowest BCUT2D eigenvalue weighted by Gasteiger charge is -2.31. The maximum Gasteiger partial charge on any atom is 0.272 e. The summed E-state index contributed by atoms with van der Waals surface area (Å²) >= 11 is 0. The first-order valence-electron chi connectivity index (χ1n) is 11.6. The maximum atomic E-state index is 13.9. The molecule has 0 aliphatic carbocycles. The van der Waals surface area contributed by atoms with E-state index in [1.165, 1.54) is 18.3 Å². The van der Waals surface area contributed by atoms with E-state index in [9.17, 15) is 18.8 Å². The minimum atomic E-state index is -1.13. The highest BCUT2D eigenvalue weighted by Crippen LogP contribution is 2.24. The van der Waals surface area contributed by atoms with Crippen molar-refractivity contribution in [1.82, 2.24) is 20.5 Å². The quantitative estimate of drug-likeness (QED) is 0.631. The second kappa shape index (κ2) is 10.7. The van der Waals surface area contributed by atoms with Gasteiger partial charge in [-0.3, -0.25) is 19.4 Å². The molecule has 2 saturated heterocycles. The lowest BCUT2D eigenvalue weighted by Crippen LogP contribution is -2.50. The molecule has 0 saturated carbocycles. The Hall–Kier alpha value is -3.33. The SMILES string of the molecule is COc1ccc(C(=O)C2CCN(C(=O)c3ccc(C(=O)NC4CCNC[C@H]4F)cn3)CC2)cc1. The van der Waals surface area contributed by atoms with Crippen molar-refractivity contribution in [3.05, 3.63) is 59.4 Å². The lowest BCUT2D eigenvalue weighted by molar-refractivity contribution is 0.0645. The summed E-state index contributed by atoms with van der Waals surface area (Å²) in [6.07, 6.45) is 1.89. The normalized spacial score (nSPS) is 21.1. The number of methoxy groups -OCH3 is 1. The lowest BCUT2D eigenvalue weighted by atomic mass is 9.88. The minimum Gasteiger partial charge on any atom is -0.497 e. The van der Waals surface area contributed by atoms with Crippen LogP contribution in [-0.2, 0) is 0 Å². The highest BCUT2D eigenvalue weighted by Gasteiger charge is 2.29. The fourth-order valence-electron chi connectivity index (χ4n) is 4.39. The third kappa shape index (κ3) is 5.41. The number of benzene rings is 1. The number of alkyl halides is 1. The zero-order chi connectivity index (χ0) is 24.1. The number of likely N-dealkylation sites (tertiary alicyclic amines) is 1. The number of halogens is 1. The van der Waals surface area contributed by atoms with Gasteiger partial charge < -0.3 is 20.3 Å². The summed E-state index contributed by atoms with van der Waals surface area (Å²) in [6, 6.07) is 9.58. The first-order chi connectivity index (χ1) is 16.5. The number of carbonyl (C=O) groups is 3. The van der Waals surface area contributed by atoms with Gasteiger partial charge in [0.25, 0.3) is 11.8 Å². The fraction of sp³-hybridized carbons (Fsp3) is 0.440. The van der Waals surface area contributed by atoms with Crippen molar-refractivity contribution >= 4 is 17.6 Å². The summed E-state index contributed by atoms with van der Waals surface area (Å²) in [6.45, 7) is 1.80. The standard InChI is InChI=1S/C25H29FN4O4/c1-34-19-5-2-16(3-6-19)23(31)17-9-12-30(13-10-17)25(33)22-7-4-18(14-28-22)24(32)29-21-8-11-27-15-20(21)26/h2-7,14,17,20-21,27H,8-13,15H2,1H3,(H,29,32)/t20-,21?/m1/s1. The zero-order valence-electron chi connectivity index (χ0n) is 19.1. The number of nitrogens with zero attached hydrogens (tertiary/aromatic N) is 2.